The summed E-state index contributed by atoms with van der Waals surface area (Å²) >= 11 is 1.30. The van der Waals surface area contributed by atoms with Gasteiger partial charge in [0.15, 0.2) is 8.32 Å². The largest absolute Gasteiger partial charge is 0.450 e. The van der Waals surface area contributed by atoms with Crippen molar-refractivity contribution >= 4 is 25.9 Å². The number of Topliss-reactive ketones (excluding diaryl/α,β-unsaturated/α-hetero) is 1. The highest BCUT2D eigenvalue weighted by Gasteiger charge is 2.44. The minimum atomic E-state index is -4.85. The molecule has 0 bridgehead atoms. The normalized spacial score (nSPS) is 14.8. The van der Waals surface area contributed by atoms with Gasteiger partial charge in [0, 0.05) is 16.6 Å². The average Bonchev–Trinajstić information content (AvgIpc) is 2.70. The van der Waals surface area contributed by atoms with Crippen molar-refractivity contribution in [1.82, 2.24) is 0 Å². The Morgan fingerprint density at radius 1 is 0.969 bits per heavy atom. The molecule has 0 saturated carbocycles. The summed E-state index contributed by atoms with van der Waals surface area (Å²) in [6, 6.07) is 19.1. The molecule has 0 unspecified atom stereocenters. The molecular formula is C25H33F3O2SSi. The molecule has 0 spiro atoms. The van der Waals surface area contributed by atoms with Gasteiger partial charge in [-0.2, -0.15) is 13.2 Å². The lowest BCUT2D eigenvalue weighted by Gasteiger charge is -2.41. The molecule has 0 amide bonds. The molecule has 0 aliphatic carbocycles. The van der Waals surface area contributed by atoms with Crippen LogP contribution in [0.25, 0.3) is 0 Å². The van der Waals surface area contributed by atoms with Crippen molar-refractivity contribution in [2.75, 3.05) is 0 Å². The van der Waals surface area contributed by atoms with Crippen molar-refractivity contribution in [3.8, 4) is 0 Å². The van der Waals surface area contributed by atoms with Crippen molar-refractivity contribution in [2.45, 2.75) is 80.6 Å². The van der Waals surface area contributed by atoms with Crippen LogP contribution in [0.2, 0.25) is 18.1 Å². The third-order valence-corrected chi connectivity index (χ3v) is 11.8. The van der Waals surface area contributed by atoms with Crippen LogP contribution in [0.3, 0.4) is 0 Å². The van der Waals surface area contributed by atoms with E-state index in [1.807, 2.05) is 60.7 Å². The van der Waals surface area contributed by atoms with Gasteiger partial charge in [0.1, 0.15) is 0 Å². The Kier molecular flexibility index (Phi) is 9.20. The van der Waals surface area contributed by atoms with Crippen LogP contribution in [0.4, 0.5) is 13.2 Å². The van der Waals surface area contributed by atoms with E-state index in [4.69, 9.17) is 4.43 Å². The number of halogens is 3. The van der Waals surface area contributed by atoms with Gasteiger partial charge in [-0.3, -0.25) is 4.79 Å². The molecule has 2 rings (SSSR count). The maximum absolute atomic E-state index is 13.2. The van der Waals surface area contributed by atoms with Crippen molar-refractivity contribution in [1.29, 1.82) is 0 Å². The summed E-state index contributed by atoms with van der Waals surface area (Å²) < 4.78 is 46.3. The van der Waals surface area contributed by atoms with Gasteiger partial charge in [-0.15, -0.1) is 11.8 Å². The molecule has 0 aromatic heterocycles. The van der Waals surface area contributed by atoms with Crippen LogP contribution in [-0.2, 0) is 15.6 Å². The van der Waals surface area contributed by atoms with Gasteiger partial charge in [0.25, 0.3) is 0 Å². The molecule has 0 aliphatic heterocycles. The molecule has 0 heterocycles. The molecule has 0 N–H and O–H groups in total. The smallest absolute Gasteiger partial charge is 0.413 e. The van der Waals surface area contributed by atoms with Gasteiger partial charge >= 0.3 is 6.18 Å². The monoisotopic (exact) mass is 482 g/mol. The van der Waals surface area contributed by atoms with E-state index in [1.54, 1.807) is 0 Å². The van der Waals surface area contributed by atoms with Gasteiger partial charge in [-0.1, -0.05) is 69.3 Å². The molecule has 0 fully saturated rings. The van der Waals surface area contributed by atoms with Gasteiger partial charge in [0.2, 0.25) is 5.78 Å². The van der Waals surface area contributed by atoms with Crippen molar-refractivity contribution in [3.63, 3.8) is 0 Å². The van der Waals surface area contributed by atoms with E-state index in [0.29, 0.717) is 12.8 Å². The van der Waals surface area contributed by atoms with Gasteiger partial charge in [0.05, 0.1) is 6.10 Å². The molecule has 0 aliphatic rings. The number of ketones is 1. The fourth-order valence-electron chi connectivity index (χ4n) is 3.05. The first-order valence-corrected chi connectivity index (χ1v) is 14.6. The second kappa shape index (κ2) is 11.0. The molecule has 176 valence electrons. The van der Waals surface area contributed by atoms with Gasteiger partial charge < -0.3 is 4.43 Å². The molecule has 2 aromatic rings. The van der Waals surface area contributed by atoms with Crippen molar-refractivity contribution < 1.29 is 22.4 Å². The Balaban J connectivity index is 2.36. The number of alkyl halides is 3. The number of rotatable bonds is 10. The fraction of sp³-hybridized carbons (Fsp3) is 0.480. The summed E-state index contributed by atoms with van der Waals surface area (Å²) in [6.45, 7) is 10.5. The van der Waals surface area contributed by atoms with Crippen LogP contribution in [0.15, 0.2) is 65.6 Å². The van der Waals surface area contributed by atoms with E-state index in [0.717, 1.165) is 10.5 Å². The van der Waals surface area contributed by atoms with Crippen molar-refractivity contribution in [3.05, 3.63) is 66.2 Å². The van der Waals surface area contributed by atoms with Crippen LogP contribution >= 0.6 is 11.8 Å². The summed E-state index contributed by atoms with van der Waals surface area (Å²) in [5.74, 6) is -1.70. The minimum Gasteiger partial charge on any atom is -0.413 e. The fourth-order valence-corrected chi connectivity index (χ4v) is 5.78. The number of carbonyl (C=O) groups is 1. The van der Waals surface area contributed by atoms with E-state index in [2.05, 4.69) is 33.9 Å². The molecule has 0 saturated heterocycles. The Morgan fingerprint density at radius 3 is 2.00 bits per heavy atom. The minimum absolute atomic E-state index is 0.103. The van der Waals surface area contributed by atoms with E-state index >= 15 is 0 Å². The first-order valence-electron chi connectivity index (χ1n) is 10.8. The van der Waals surface area contributed by atoms with Crippen LogP contribution < -0.4 is 0 Å². The topological polar surface area (TPSA) is 26.3 Å². The number of hydrogen-bond donors (Lipinski definition) is 0. The standard InChI is InChI=1S/C25H33F3O2SSi/c1-24(2,3)32(4,5)30-21(17-16-19-12-8-6-9-13-19)22(18-23(29)25(26,27)28)31-20-14-10-7-11-15-20/h6-15,21-22H,16-18H2,1-5H3/t21-,22-/m1/s1. The van der Waals surface area contributed by atoms with Gasteiger partial charge in [-0.05, 0) is 48.7 Å². The Morgan fingerprint density at radius 2 is 1.50 bits per heavy atom. The van der Waals surface area contributed by atoms with E-state index in [9.17, 15) is 18.0 Å². The zero-order valence-electron chi connectivity index (χ0n) is 19.4. The second-order valence-corrected chi connectivity index (χ2v) is 15.6. The molecular weight excluding hydrogens is 449 g/mol. The highest BCUT2D eigenvalue weighted by atomic mass is 32.2. The van der Waals surface area contributed by atoms with Crippen LogP contribution in [0.1, 0.15) is 39.2 Å². The number of benzene rings is 2. The van der Waals surface area contributed by atoms with Crippen LogP contribution in [0.5, 0.6) is 0 Å². The maximum Gasteiger partial charge on any atom is 0.450 e. The highest BCUT2D eigenvalue weighted by molar-refractivity contribution is 8.00. The Bertz CT molecular complexity index is 849. The lowest BCUT2D eigenvalue weighted by molar-refractivity contribution is -0.171. The van der Waals surface area contributed by atoms with E-state index in [-0.39, 0.29) is 5.04 Å². The maximum atomic E-state index is 13.2. The number of aryl methyl sites for hydroxylation is 1. The molecule has 2 atom stereocenters. The number of carbonyl (C=O) groups excluding carboxylic acids is 1. The lowest BCUT2D eigenvalue weighted by Crippen LogP contribution is -2.47. The molecule has 2 aromatic carbocycles. The average molecular weight is 483 g/mol. The van der Waals surface area contributed by atoms with Gasteiger partial charge in [-0.25, -0.2) is 0 Å². The van der Waals surface area contributed by atoms with Crippen molar-refractivity contribution in [2.24, 2.45) is 0 Å². The third kappa shape index (κ3) is 8.09. The summed E-state index contributed by atoms with van der Waals surface area (Å²) in [5.41, 5.74) is 1.10. The highest BCUT2D eigenvalue weighted by Crippen LogP contribution is 2.41. The summed E-state index contributed by atoms with van der Waals surface area (Å²) in [7, 11) is -2.29. The zero-order chi connectivity index (χ0) is 24.0. The molecule has 32 heavy (non-hydrogen) atoms. The summed E-state index contributed by atoms with van der Waals surface area (Å²) in [6.07, 6.45) is -4.71. The Hall–Kier alpha value is -1.57. The van der Waals surface area contributed by atoms with E-state index in [1.165, 1.54) is 11.8 Å². The second-order valence-electron chi connectivity index (χ2n) is 9.54. The SMILES string of the molecule is CC(C)(C)[Si](C)(C)O[C@H](CCc1ccccc1)[C@@H](CC(=O)C(F)(F)F)Sc1ccccc1. The molecule has 2 nitrogen and oxygen atoms in total. The summed E-state index contributed by atoms with van der Waals surface area (Å²) in [5, 5.41) is -0.738. The first-order chi connectivity index (χ1) is 14.8. The zero-order valence-corrected chi connectivity index (χ0v) is 21.2. The molecule has 7 heteroatoms. The third-order valence-electron chi connectivity index (χ3n) is 5.96. The summed E-state index contributed by atoms with van der Waals surface area (Å²) in [4.78, 5) is 12.9. The predicted molar refractivity (Wildman–Crippen MR) is 129 cm³/mol. The number of thioether (sulfide) groups is 1. The lowest BCUT2D eigenvalue weighted by atomic mass is 10.0. The Labute approximate surface area is 195 Å². The quantitative estimate of drug-likeness (QED) is 0.256. The molecule has 0 radical (unpaired) electrons. The van der Waals surface area contributed by atoms with E-state index < -0.39 is 38.1 Å². The first kappa shape index (κ1) is 26.7. The predicted octanol–water partition coefficient (Wildman–Crippen LogP) is 7.69. The van der Waals surface area contributed by atoms with Crippen LogP contribution in [0, 0.1) is 0 Å². The van der Waals surface area contributed by atoms with Crippen LogP contribution in [-0.4, -0.2) is 31.6 Å². The number of hydrogen-bond acceptors (Lipinski definition) is 3.